The molecule has 1 aliphatic heterocycles. The number of likely N-dealkylation sites (tertiary alicyclic amines) is 1. The molecule has 4 nitrogen and oxygen atoms in total. The smallest absolute Gasteiger partial charge is 0.178 e. The highest BCUT2D eigenvalue weighted by Gasteiger charge is 2.19. The molecule has 1 aliphatic rings. The van der Waals surface area contributed by atoms with Crippen LogP contribution < -0.4 is 0 Å². The molecule has 0 saturated carbocycles. The first-order valence-electron chi connectivity index (χ1n) is 9.40. The number of aromatic nitrogens is 2. The maximum atomic E-state index is 11.5. The Morgan fingerprint density at radius 3 is 2.07 bits per heavy atom. The van der Waals surface area contributed by atoms with E-state index < -0.39 is 0 Å². The number of carbonyl (C=O) groups is 1. The lowest BCUT2D eigenvalue weighted by molar-refractivity contribution is -0.121. The molecule has 0 radical (unpaired) electrons. The van der Waals surface area contributed by atoms with Gasteiger partial charge in [0.2, 0.25) is 0 Å². The number of hydrogen-bond donors (Lipinski definition) is 1. The summed E-state index contributed by atoms with van der Waals surface area (Å²) in [5.41, 5.74) is 4.46. The van der Waals surface area contributed by atoms with Crippen LogP contribution in [0.2, 0.25) is 0 Å². The number of Topliss-reactive ketones (excluding diaryl/α,β-unsaturated/α-hetero) is 1. The van der Waals surface area contributed by atoms with Crippen molar-refractivity contribution < 1.29 is 4.79 Å². The van der Waals surface area contributed by atoms with Crippen molar-refractivity contribution in [2.45, 2.75) is 19.4 Å². The van der Waals surface area contributed by atoms with Gasteiger partial charge in [0.1, 0.15) is 5.78 Å². The van der Waals surface area contributed by atoms with E-state index >= 15 is 0 Å². The van der Waals surface area contributed by atoms with Crippen molar-refractivity contribution in [2.24, 2.45) is 0 Å². The van der Waals surface area contributed by atoms with E-state index in [0.29, 0.717) is 18.6 Å². The summed E-state index contributed by atoms with van der Waals surface area (Å²) in [5.74, 6) is 0.376. The van der Waals surface area contributed by atoms with Crippen LogP contribution in [0.5, 0.6) is 0 Å². The molecule has 1 fully saturated rings. The fraction of sp³-hybridized carbons (Fsp3) is 0.273. The van der Waals surface area contributed by atoms with Gasteiger partial charge < -0.3 is 14.5 Å². The topological polar surface area (TPSA) is 41.0 Å². The molecule has 2 aromatic carbocycles. The molecule has 27 heavy (non-hydrogen) atoms. The van der Waals surface area contributed by atoms with Gasteiger partial charge in [0.15, 0.2) is 4.77 Å². The van der Waals surface area contributed by atoms with E-state index in [9.17, 15) is 4.79 Å². The van der Waals surface area contributed by atoms with Gasteiger partial charge in [-0.2, -0.15) is 0 Å². The van der Waals surface area contributed by atoms with Gasteiger partial charge >= 0.3 is 0 Å². The zero-order valence-electron chi connectivity index (χ0n) is 15.2. The van der Waals surface area contributed by atoms with Crippen LogP contribution in [0.3, 0.4) is 0 Å². The minimum Gasteiger partial charge on any atom is -0.330 e. The first kappa shape index (κ1) is 17.9. The highest BCUT2D eigenvalue weighted by atomic mass is 32.1. The van der Waals surface area contributed by atoms with Crippen LogP contribution in [0.15, 0.2) is 60.7 Å². The van der Waals surface area contributed by atoms with Gasteiger partial charge in [-0.05, 0) is 12.2 Å². The summed E-state index contributed by atoms with van der Waals surface area (Å²) in [6, 6.07) is 20.7. The third kappa shape index (κ3) is 3.94. The number of piperidine rings is 1. The molecule has 1 saturated heterocycles. The van der Waals surface area contributed by atoms with Crippen molar-refractivity contribution in [1.29, 1.82) is 0 Å². The predicted octanol–water partition coefficient (Wildman–Crippen LogP) is 4.54. The standard InChI is InChI=1S/C22H23N3OS/c26-19-11-13-24(14-12-19)15-16-25-21(18-9-5-2-6-10-18)20(23-22(25)27)17-7-3-1-4-8-17/h1-10H,11-16H2,(H,23,27). The Bertz CT molecular complexity index is 966. The largest absolute Gasteiger partial charge is 0.330 e. The SMILES string of the molecule is O=C1CCN(CCn2c(-c3ccccc3)c(-c3ccccc3)[nH]c2=S)CC1. The van der Waals surface area contributed by atoms with Crippen LogP contribution in [0.25, 0.3) is 22.5 Å². The van der Waals surface area contributed by atoms with Crippen LogP contribution in [0, 0.1) is 4.77 Å². The van der Waals surface area contributed by atoms with E-state index in [-0.39, 0.29) is 0 Å². The van der Waals surface area contributed by atoms with Gasteiger partial charge in [-0.3, -0.25) is 4.79 Å². The van der Waals surface area contributed by atoms with Gasteiger partial charge in [-0.1, -0.05) is 60.7 Å². The highest BCUT2D eigenvalue weighted by Crippen LogP contribution is 2.31. The summed E-state index contributed by atoms with van der Waals surface area (Å²) in [6.45, 7) is 3.40. The lowest BCUT2D eigenvalue weighted by atomic mass is 10.0. The minimum absolute atomic E-state index is 0.376. The van der Waals surface area contributed by atoms with Crippen LogP contribution in [-0.4, -0.2) is 39.9 Å². The quantitative estimate of drug-likeness (QED) is 0.664. The predicted molar refractivity (Wildman–Crippen MR) is 111 cm³/mol. The van der Waals surface area contributed by atoms with Crippen molar-refractivity contribution in [3.63, 3.8) is 0 Å². The molecule has 0 spiro atoms. The maximum absolute atomic E-state index is 11.5. The summed E-state index contributed by atoms with van der Waals surface area (Å²) in [4.78, 5) is 17.3. The molecule has 0 bridgehead atoms. The number of benzene rings is 2. The number of ketones is 1. The molecule has 0 unspecified atom stereocenters. The normalized spacial score (nSPS) is 15.2. The summed E-state index contributed by atoms with van der Waals surface area (Å²) in [6.07, 6.45) is 1.33. The molecular formula is C22H23N3OS. The summed E-state index contributed by atoms with van der Waals surface area (Å²) >= 11 is 5.68. The molecule has 0 atom stereocenters. The Labute approximate surface area is 164 Å². The Kier molecular flexibility index (Phi) is 5.32. The number of aromatic amines is 1. The van der Waals surface area contributed by atoms with Crippen molar-refractivity contribution in [1.82, 2.24) is 14.5 Å². The number of H-pyrrole nitrogens is 1. The average Bonchev–Trinajstić information content (AvgIpc) is 3.05. The molecular weight excluding hydrogens is 354 g/mol. The fourth-order valence-electron chi connectivity index (χ4n) is 3.66. The molecule has 138 valence electrons. The molecule has 1 N–H and O–H groups in total. The first-order valence-corrected chi connectivity index (χ1v) is 9.81. The lowest BCUT2D eigenvalue weighted by Crippen LogP contribution is -2.36. The van der Waals surface area contributed by atoms with Gasteiger partial charge in [0.05, 0.1) is 11.4 Å². The first-order chi connectivity index (χ1) is 13.2. The third-order valence-electron chi connectivity index (χ3n) is 5.15. The van der Waals surface area contributed by atoms with Crippen molar-refractivity contribution in [3.05, 3.63) is 65.4 Å². The Morgan fingerprint density at radius 1 is 0.852 bits per heavy atom. The number of rotatable bonds is 5. The van der Waals surface area contributed by atoms with E-state index in [4.69, 9.17) is 12.2 Å². The molecule has 0 amide bonds. The Morgan fingerprint density at radius 2 is 1.44 bits per heavy atom. The zero-order valence-corrected chi connectivity index (χ0v) is 16.0. The van der Waals surface area contributed by atoms with Crippen molar-refractivity contribution in [3.8, 4) is 22.5 Å². The monoisotopic (exact) mass is 377 g/mol. The van der Waals surface area contributed by atoms with Crippen molar-refractivity contribution >= 4 is 18.0 Å². The second-order valence-corrected chi connectivity index (χ2v) is 7.30. The van der Waals surface area contributed by atoms with Gasteiger partial charge in [-0.25, -0.2) is 0 Å². The second kappa shape index (κ2) is 8.03. The Balaban J connectivity index is 1.69. The molecule has 2 heterocycles. The van der Waals surface area contributed by atoms with E-state index in [2.05, 4.69) is 50.8 Å². The van der Waals surface area contributed by atoms with E-state index in [1.807, 2.05) is 24.3 Å². The van der Waals surface area contributed by atoms with E-state index in [1.165, 1.54) is 0 Å². The molecule has 4 rings (SSSR count). The van der Waals surface area contributed by atoms with Gasteiger partial charge in [0, 0.05) is 50.1 Å². The minimum atomic E-state index is 0.376. The second-order valence-electron chi connectivity index (χ2n) is 6.92. The highest BCUT2D eigenvalue weighted by molar-refractivity contribution is 7.71. The van der Waals surface area contributed by atoms with E-state index in [1.54, 1.807) is 0 Å². The van der Waals surface area contributed by atoms with Gasteiger partial charge in [0.25, 0.3) is 0 Å². The number of hydrogen-bond acceptors (Lipinski definition) is 3. The summed E-state index contributed by atoms with van der Waals surface area (Å²) in [5, 5.41) is 0. The fourth-order valence-corrected chi connectivity index (χ4v) is 3.95. The summed E-state index contributed by atoms with van der Waals surface area (Å²) < 4.78 is 2.93. The average molecular weight is 378 g/mol. The number of nitrogens with one attached hydrogen (secondary N) is 1. The molecule has 3 aromatic rings. The lowest BCUT2D eigenvalue weighted by Gasteiger charge is -2.26. The van der Waals surface area contributed by atoms with Crippen LogP contribution in [0.1, 0.15) is 12.8 Å². The van der Waals surface area contributed by atoms with Crippen molar-refractivity contribution in [2.75, 3.05) is 19.6 Å². The van der Waals surface area contributed by atoms with Crippen LogP contribution >= 0.6 is 12.2 Å². The Hall–Kier alpha value is -2.50. The molecule has 5 heteroatoms. The molecule has 1 aromatic heterocycles. The van der Waals surface area contributed by atoms with Crippen LogP contribution in [0.4, 0.5) is 0 Å². The molecule has 0 aliphatic carbocycles. The third-order valence-corrected chi connectivity index (χ3v) is 5.47. The van der Waals surface area contributed by atoms with Crippen LogP contribution in [-0.2, 0) is 11.3 Å². The summed E-state index contributed by atoms with van der Waals surface area (Å²) in [7, 11) is 0. The van der Waals surface area contributed by atoms with E-state index in [0.717, 1.165) is 53.5 Å². The van der Waals surface area contributed by atoms with Gasteiger partial charge in [-0.15, -0.1) is 0 Å². The number of carbonyl (C=O) groups excluding carboxylic acids is 1. The number of nitrogens with zero attached hydrogens (tertiary/aromatic N) is 2. The maximum Gasteiger partial charge on any atom is 0.178 e. The zero-order chi connectivity index (χ0) is 18.6. The number of imidazole rings is 1.